The van der Waals surface area contributed by atoms with Crippen LogP contribution in [0.25, 0.3) is 0 Å². The molecule has 1 aromatic heterocycles. The molecule has 0 bridgehead atoms. The van der Waals surface area contributed by atoms with Crippen molar-refractivity contribution in [1.82, 2.24) is 9.97 Å². The Morgan fingerprint density at radius 2 is 2.50 bits per heavy atom. The number of H-pyrrole nitrogens is 1. The summed E-state index contributed by atoms with van der Waals surface area (Å²) >= 11 is 2.58. The summed E-state index contributed by atoms with van der Waals surface area (Å²) in [6.07, 6.45) is 1.45. The van der Waals surface area contributed by atoms with Gasteiger partial charge in [-0.2, -0.15) is 0 Å². The van der Waals surface area contributed by atoms with Crippen molar-refractivity contribution in [3.05, 3.63) is 22.6 Å². The number of nitrogens with zero attached hydrogens (tertiary/aromatic N) is 1. The molecule has 41 valence electrons. The second-order valence-electron chi connectivity index (χ2n) is 1.24. The van der Waals surface area contributed by atoms with Gasteiger partial charge in [0.1, 0.15) is 0 Å². The molecule has 1 radical (unpaired) electrons. The van der Waals surface area contributed by atoms with E-state index in [9.17, 15) is 4.79 Å². The summed E-state index contributed by atoms with van der Waals surface area (Å²) in [4.78, 5) is 16.6. The Balaban J connectivity index is 3.28. The molecule has 0 saturated heterocycles. The van der Waals surface area contributed by atoms with Crippen molar-refractivity contribution in [3.63, 3.8) is 0 Å². The van der Waals surface area contributed by atoms with Crippen molar-refractivity contribution in [2.75, 3.05) is 0 Å². The van der Waals surface area contributed by atoms with Gasteiger partial charge in [0.2, 0.25) is 0 Å². The van der Waals surface area contributed by atoms with E-state index in [4.69, 9.17) is 0 Å². The van der Waals surface area contributed by atoms with Crippen LogP contribution in [0.2, 0.25) is 0 Å². The van der Waals surface area contributed by atoms with Crippen molar-refractivity contribution < 1.29 is 0 Å². The molecule has 1 heterocycles. The van der Waals surface area contributed by atoms with Crippen molar-refractivity contribution in [1.29, 1.82) is 0 Å². The number of aromatic nitrogens is 2. The fourth-order valence-corrected chi connectivity index (χ4v) is 0.691. The maximum absolute atomic E-state index is 10.4. The van der Waals surface area contributed by atoms with Gasteiger partial charge in [-0.25, -0.2) is 0 Å². The SMILES string of the molecule is O=c1ccnc([Se])[nH]1. The third-order valence-corrected chi connectivity index (χ3v) is 1.08. The molecule has 0 aliphatic rings. The van der Waals surface area contributed by atoms with Crippen LogP contribution in [0, 0.1) is 0 Å². The van der Waals surface area contributed by atoms with Crippen molar-refractivity contribution in [2.24, 2.45) is 0 Å². The molecule has 0 unspecified atom stereocenters. The van der Waals surface area contributed by atoms with Gasteiger partial charge in [-0.3, -0.25) is 0 Å². The molecule has 3 nitrogen and oxygen atoms in total. The third kappa shape index (κ3) is 1.18. The van der Waals surface area contributed by atoms with Crippen LogP contribution in [0.5, 0.6) is 0 Å². The first kappa shape index (κ1) is 5.53. The maximum atomic E-state index is 10.4. The van der Waals surface area contributed by atoms with E-state index in [1.54, 1.807) is 0 Å². The van der Waals surface area contributed by atoms with Gasteiger partial charge in [0.05, 0.1) is 0 Å². The van der Waals surface area contributed by atoms with Gasteiger partial charge in [-0.15, -0.1) is 0 Å². The number of aromatic amines is 1. The molecule has 0 aromatic carbocycles. The average molecular weight is 174 g/mol. The summed E-state index contributed by atoms with van der Waals surface area (Å²) in [5.41, 5.74) is -0.131. The molecule has 1 rings (SSSR count). The summed E-state index contributed by atoms with van der Waals surface area (Å²) in [7, 11) is 0. The number of hydrogen-bond acceptors (Lipinski definition) is 2. The predicted molar refractivity (Wildman–Crippen MR) is 30.2 cm³/mol. The van der Waals surface area contributed by atoms with Crippen LogP contribution in [-0.2, 0) is 0 Å². The van der Waals surface area contributed by atoms with Gasteiger partial charge in [-0.05, 0) is 0 Å². The molecule has 0 saturated carbocycles. The topological polar surface area (TPSA) is 45.8 Å². The molecule has 0 spiro atoms. The van der Waals surface area contributed by atoms with E-state index in [-0.39, 0.29) is 5.56 Å². The number of hydrogen-bond donors (Lipinski definition) is 1. The van der Waals surface area contributed by atoms with E-state index >= 15 is 0 Å². The van der Waals surface area contributed by atoms with Crippen LogP contribution in [-0.4, -0.2) is 26.0 Å². The quantitative estimate of drug-likeness (QED) is 0.490. The first-order valence-corrected chi connectivity index (χ1v) is 2.87. The number of rotatable bonds is 0. The Kier molecular flexibility index (Phi) is 1.46. The minimum atomic E-state index is -0.131. The molecule has 4 heteroatoms. The van der Waals surface area contributed by atoms with E-state index in [2.05, 4.69) is 26.0 Å². The van der Waals surface area contributed by atoms with Crippen LogP contribution in [0.1, 0.15) is 0 Å². The van der Waals surface area contributed by atoms with E-state index in [1.165, 1.54) is 12.3 Å². The Morgan fingerprint density at radius 1 is 1.75 bits per heavy atom. The Labute approximate surface area is 54.0 Å². The van der Waals surface area contributed by atoms with Gasteiger partial charge < -0.3 is 0 Å². The average Bonchev–Trinajstić information content (AvgIpc) is 1.64. The first-order valence-electron chi connectivity index (χ1n) is 2.01. The number of nitrogens with one attached hydrogen (secondary N) is 1. The normalized spacial score (nSPS) is 9.00. The Bertz CT molecular complexity index is 231. The molecule has 1 aromatic rings. The summed E-state index contributed by atoms with van der Waals surface area (Å²) in [6.45, 7) is 0. The van der Waals surface area contributed by atoms with Crippen molar-refractivity contribution in [2.45, 2.75) is 0 Å². The predicted octanol–water partition coefficient (Wildman–Crippen LogP) is -1.44. The van der Waals surface area contributed by atoms with Crippen LogP contribution >= 0.6 is 0 Å². The fourth-order valence-electron chi connectivity index (χ4n) is 0.352. The molecule has 0 amide bonds. The molecule has 0 atom stereocenters. The minimum absolute atomic E-state index is 0.131. The van der Waals surface area contributed by atoms with Crippen LogP contribution in [0.15, 0.2) is 17.1 Å². The van der Waals surface area contributed by atoms with Gasteiger partial charge in [0.15, 0.2) is 0 Å². The summed E-state index contributed by atoms with van der Waals surface area (Å²) in [5, 5.41) is 0. The van der Waals surface area contributed by atoms with Gasteiger partial charge in [0, 0.05) is 0 Å². The van der Waals surface area contributed by atoms with Gasteiger partial charge >= 0.3 is 53.3 Å². The standard InChI is InChI=1S/C4H3N2OSe/c7-3-1-2-5-4(8)6-3/h1-2H,(H,5,6,7). The zero-order valence-corrected chi connectivity index (χ0v) is 5.63. The molecule has 0 fully saturated rings. The van der Waals surface area contributed by atoms with Gasteiger partial charge in [-0.1, -0.05) is 0 Å². The van der Waals surface area contributed by atoms with E-state index in [0.717, 1.165) is 0 Å². The van der Waals surface area contributed by atoms with Gasteiger partial charge in [0.25, 0.3) is 0 Å². The van der Waals surface area contributed by atoms with E-state index < -0.39 is 0 Å². The molecule has 8 heavy (non-hydrogen) atoms. The van der Waals surface area contributed by atoms with Crippen molar-refractivity contribution in [3.8, 4) is 0 Å². The second kappa shape index (κ2) is 2.11. The van der Waals surface area contributed by atoms with Crippen molar-refractivity contribution >= 4 is 20.7 Å². The molecular formula is C4H3N2OSe. The molecular weight excluding hydrogens is 171 g/mol. The molecule has 1 N–H and O–H groups in total. The summed E-state index contributed by atoms with van der Waals surface area (Å²) in [5.74, 6) is 0. The summed E-state index contributed by atoms with van der Waals surface area (Å²) in [6, 6.07) is 1.36. The molecule has 0 aliphatic heterocycles. The summed E-state index contributed by atoms with van der Waals surface area (Å²) < 4.78 is 0.525. The second-order valence-corrected chi connectivity index (χ2v) is 2.05. The fraction of sp³-hybridized carbons (Fsp3) is 0. The third-order valence-electron chi connectivity index (χ3n) is 0.648. The van der Waals surface area contributed by atoms with E-state index in [1.807, 2.05) is 0 Å². The first-order chi connectivity index (χ1) is 3.79. The van der Waals surface area contributed by atoms with Crippen LogP contribution in [0.4, 0.5) is 0 Å². The van der Waals surface area contributed by atoms with Crippen LogP contribution < -0.4 is 10.3 Å². The monoisotopic (exact) mass is 175 g/mol. The van der Waals surface area contributed by atoms with E-state index in [0.29, 0.717) is 4.72 Å². The zero-order chi connectivity index (χ0) is 5.98. The zero-order valence-electron chi connectivity index (χ0n) is 3.92. The Morgan fingerprint density at radius 3 is 2.88 bits per heavy atom. The van der Waals surface area contributed by atoms with Crippen LogP contribution in [0.3, 0.4) is 0 Å². The molecule has 0 aliphatic carbocycles. The Hall–Kier alpha value is -0.601.